The molecule has 0 spiro atoms. The lowest BCUT2D eigenvalue weighted by Crippen LogP contribution is -2.35. The monoisotopic (exact) mass is 636 g/mol. The summed E-state index contributed by atoms with van der Waals surface area (Å²) in [5.74, 6) is 5.01. The quantitative estimate of drug-likeness (QED) is 0.251. The molecule has 0 radical (unpaired) electrons. The fourth-order valence-corrected chi connectivity index (χ4v) is 5.92. The Morgan fingerprint density at radius 2 is 0.783 bits per heavy atom. The minimum Gasteiger partial charge on any atom is -0.478 e. The second kappa shape index (κ2) is 15.7. The summed E-state index contributed by atoms with van der Waals surface area (Å²) in [6.07, 6.45) is 0. The summed E-state index contributed by atoms with van der Waals surface area (Å²) in [6, 6.07) is 9.68. The second-order valence-corrected chi connectivity index (χ2v) is 14.7. The van der Waals surface area contributed by atoms with Crippen molar-refractivity contribution in [3.05, 3.63) is 35.4 Å². The van der Waals surface area contributed by atoms with Crippen LogP contribution in [0.25, 0.3) is 0 Å². The average molecular weight is 637 g/mol. The number of benzene rings is 1. The zero-order chi connectivity index (χ0) is 32.8. The van der Waals surface area contributed by atoms with Crippen LogP contribution in [0, 0.1) is 23.7 Å². The van der Waals surface area contributed by atoms with Gasteiger partial charge in [-0.1, -0.05) is 79.7 Å². The van der Waals surface area contributed by atoms with Gasteiger partial charge in [0.25, 0.3) is 0 Å². The minimum absolute atomic E-state index is 0.213. The van der Waals surface area contributed by atoms with Crippen LogP contribution in [0.5, 0.6) is 0 Å². The number of nitrogens with zero attached hydrogens (tertiary/aromatic N) is 6. The summed E-state index contributed by atoms with van der Waals surface area (Å²) in [4.78, 5) is 24.2. The van der Waals surface area contributed by atoms with Crippen LogP contribution in [0.15, 0.2) is 44.2 Å². The molecular formula is C36H56N6O4. The SMILES string of the molecule is CC(C)[C@@H]1COC(CN(CC2=N[C@H](C(C)C)CO2)Cc2cccc(CN(CC3=N[C@H](C(C)C)CO3)CC3=N[C@H](C(C)C)CO3)c2)=N1. The van der Waals surface area contributed by atoms with Gasteiger partial charge in [0, 0.05) is 13.1 Å². The third-order valence-electron chi connectivity index (χ3n) is 9.24. The highest BCUT2D eigenvalue weighted by atomic mass is 16.5. The Morgan fingerprint density at radius 1 is 0.500 bits per heavy atom. The van der Waals surface area contributed by atoms with Gasteiger partial charge in [-0.3, -0.25) is 9.80 Å². The van der Waals surface area contributed by atoms with Crippen LogP contribution in [0.4, 0.5) is 0 Å². The Hall–Kier alpha value is -2.98. The van der Waals surface area contributed by atoms with E-state index in [2.05, 4.69) is 89.5 Å². The molecule has 10 heteroatoms. The van der Waals surface area contributed by atoms with E-state index in [9.17, 15) is 0 Å². The third kappa shape index (κ3) is 9.53. The number of ether oxygens (including phenoxy) is 4. The minimum atomic E-state index is 0.213. The highest BCUT2D eigenvalue weighted by Crippen LogP contribution is 2.20. The Bertz CT molecular complexity index is 1120. The fourth-order valence-electron chi connectivity index (χ4n) is 5.92. The molecular weight excluding hydrogens is 580 g/mol. The lowest BCUT2D eigenvalue weighted by molar-refractivity contribution is 0.245. The largest absolute Gasteiger partial charge is 0.478 e. The molecule has 0 saturated carbocycles. The van der Waals surface area contributed by atoms with Crippen LogP contribution >= 0.6 is 0 Å². The van der Waals surface area contributed by atoms with E-state index in [0.29, 0.717) is 76.3 Å². The normalized spacial score (nSPS) is 24.5. The molecule has 0 amide bonds. The van der Waals surface area contributed by atoms with Gasteiger partial charge in [-0.2, -0.15) is 0 Å². The summed E-state index contributed by atoms with van der Waals surface area (Å²) in [5.41, 5.74) is 2.44. The average Bonchev–Trinajstić information content (AvgIpc) is 3.81. The first-order valence-electron chi connectivity index (χ1n) is 17.3. The van der Waals surface area contributed by atoms with Crippen molar-refractivity contribution in [1.29, 1.82) is 0 Å². The zero-order valence-electron chi connectivity index (χ0n) is 29.3. The van der Waals surface area contributed by atoms with E-state index in [-0.39, 0.29) is 24.2 Å². The van der Waals surface area contributed by atoms with Crippen molar-refractivity contribution in [1.82, 2.24) is 9.80 Å². The van der Waals surface area contributed by atoms with Crippen LogP contribution in [-0.2, 0) is 32.0 Å². The fraction of sp³-hybridized carbons (Fsp3) is 0.722. The van der Waals surface area contributed by atoms with E-state index in [1.807, 2.05) is 0 Å². The standard InChI is InChI=1S/C36H56N6O4/c1-23(2)29-19-43-33(37-29)15-41(16-34-38-30(20-44-34)24(3)4)13-27-10-9-11-28(12-27)14-42(17-35-39-31(21-45-35)25(5)6)18-36-40-32(22-46-36)26(7)8/h9-12,23-26,29-32H,13-22H2,1-8H3/t29-,30-,31-,32-/m0/s1. The predicted molar refractivity (Wildman–Crippen MR) is 185 cm³/mol. The van der Waals surface area contributed by atoms with E-state index < -0.39 is 0 Å². The van der Waals surface area contributed by atoms with Gasteiger partial charge >= 0.3 is 0 Å². The van der Waals surface area contributed by atoms with Crippen LogP contribution < -0.4 is 0 Å². The van der Waals surface area contributed by atoms with Gasteiger partial charge in [-0.15, -0.1) is 0 Å². The highest BCUT2D eigenvalue weighted by Gasteiger charge is 2.29. The Balaban J connectivity index is 1.31. The molecule has 0 aromatic heterocycles. The molecule has 4 heterocycles. The summed E-state index contributed by atoms with van der Waals surface area (Å²) >= 11 is 0. The molecule has 0 N–H and O–H groups in total. The first-order valence-corrected chi connectivity index (χ1v) is 17.3. The molecule has 10 nitrogen and oxygen atoms in total. The van der Waals surface area contributed by atoms with Gasteiger partial charge in [0.2, 0.25) is 0 Å². The molecule has 0 aliphatic carbocycles. The van der Waals surface area contributed by atoms with Crippen molar-refractivity contribution in [2.45, 2.75) is 92.6 Å². The molecule has 4 aliphatic rings. The molecule has 1 aromatic carbocycles. The molecule has 0 unspecified atom stereocenters. The molecule has 0 bridgehead atoms. The first-order chi connectivity index (χ1) is 22.0. The van der Waals surface area contributed by atoms with Crippen molar-refractivity contribution in [3.8, 4) is 0 Å². The van der Waals surface area contributed by atoms with E-state index in [0.717, 1.165) is 36.7 Å². The van der Waals surface area contributed by atoms with E-state index in [4.69, 9.17) is 38.9 Å². The van der Waals surface area contributed by atoms with Gasteiger partial charge in [0.1, 0.15) is 26.4 Å². The molecule has 5 rings (SSSR count). The Kier molecular flexibility index (Phi) is 11.8. The third-order valence-corrected chi connectivity index (χ3v) is 9.24. The summed E-state index contributed by atoms with van der Waals surface area (Å²) < 4.78 is 24.2. The second-order valence-electron chi connectivity index (χ2n) is 14.7. The van der Waals surface area contributed by atoms with Crippen molar-refractivity contribution < 1.29 is 18.9 Å². The maximum absolute atomic E-state index is 6.04. The van der Waals surface area contributed by atoms with Crippen molar-refractivity contribution >= 4 is 23.6 Å². The Morgan fingerprint density at radius 3 is 1.02 bits per heavy atom. The summed E-state index contributed by atoms with van der Waals surface area (Å²) in [7, 11) is 0. The maximum Gasteiger partial charge on any atom is 0.198 e. The van der Waals surface area contributed by atoms with Crippen molar-refractivity contribution in [3.63, 3.8) is 0 Å². The number of aliphatic imine (C=N–C) groups is 4. The molecule has 254 valence electrons. The summed E-state index contributed by atoms with van der Waals surface area (Å²) in [5, 5.41) is 0. The van der Waals surface area contributed by atoms with E-state index in [1.54, 1.807) is 0 Å². The van der Waals surface area contributed by atoms with Crippen LogP contribution in [0.1, 0.15) is 66.5 Å². The smallest absolute Gasteiger partial charge is 0.198 e. The highest BCUT2D eigenvalue weighted by molar-refractivity contribution is 5.83. The molecule has 4 aliphatic heterocycles. The van der Waals surface area contributed by atoms with Crippen LogP contribution in [0.2, 0.25) is 0 Å². The number of hydrogen-bond acceptors (Lipinski definition) is 10. The van der Waals surface area contributed by atoms with E-state index >= 15 is 0 Å². The molecule has 1 aromatic rings. The van der Waals surface area contributed by atoms with Crippen LogP contribution in [-0.4, -0.2) is 110 Å². The summed E-state index contributed by atoms with van der Waals surface area (Å²) in [6.45, 7) is 24.1. The zero-order valence-corrected chi connectivity index (χ0v) is 29.3. The lowest BCUT2D eigenvalue weighted by atomic mass is 10.1. The van der Waals surface area contributed by atoms with Gasteiger partial charge in [-0.05, 0) is 34.8 Å². The lowest BCUT2D eigenvalue weighted by Gasteiger charge is -2.23. The Labute approximate surface area is 276 Å². The topological polar surface area (TPSA) is 92.8 Å². The number of hydrogen-bond donors (Lipinski definition) is 0. The van der Waals surface area contributed by atoms with Gasteiger partial charge in [0.05, 0.1) is 50.3 Å². The molecule has 0 saturated heterocycles. The maximum atomic E-state index is 6.04. The number of rotatable bonds is 16. The van der Waals surface area contributed by atoms with Crippen molar-refractivity contribution in [2.24, 2.45) is 43.6 Å². The van der Waals surface area contributed by atoms with E-state index in [1.165, 1.54) is 11.1 Å². The van der Waals surface area contributed by atoms with Gasteiger partial charge < -0.3 is 18.9 Å². The van der Waals surface area contributed by atoms with Gasteiger partial charge in [-0.25, -0.2) is 20.0 Å². The first kappa shape index (κ1) is 34.4. The van der Waals surface area contributed by atoms with Crippen molar-refractivity contribution in [2.75, 3.05) is 52.6 Å². The van der Waals surface area contributed by atoms with Gasteiger partial charge in [0.15, 0.2) is 23.6 Å². The van der Waals surface area contributed by atoms with Crippen LogP contribution in [0.3, 0.4) is 0 Å². The molecule has 4 atom stereocenters. The predicted octanol–water partition coefficient (Wildman–Crippen LogP) is 5.10. The molecule has 46 heavy (non-hydrogen) atoms. The molecule has 0 fully saturated rings.